The van der Waals surface area contributed by atoms with Gasteiger partial charge in [-0.2, -0.15) is 0 Å². The Balaban J connectivity index is 1.72. The lowest BCUT2D eigenvalue weighted by atomic mass is 10.2. The highest BCUT2D eigenvalue weighted by molar-refractivity contribution is 7.22. The van der Waals surface area contributed by atoms with E-state index >= 15 is 0 Å². The second-order valence-corrected chi connectivity index (χ2v) is 7.05. The van der Waals surface area contributed by atoms with Gasteiger partial charge in [-0.15, -0.1) is 0 Å². The van der Waals surface area contributed by atoms with Crippen molar-refractivity contribution in [3.05, 3.63) is 81.0 Å². The van der Waals surface area contributed by atoms with Crippen molar-refractivity contribution in [1.29, 1.82) is 0 Å². The van der Waals surface area contributed by atoms with Crippen molar-refractivity contribution in [2.45, 2.75) is 6.92 Å². The van der Waals surface area contributed by atoms with Crippen LogP contribution in [0, 0.1) is 6.92 Å². The Labute approximate surface area is 162 Å². The second kappa shape index (κ2) is 7.12. The van der Waals surface area contributed by atoms with Crippen LogP contribution in [0.3, 0.4) is 0 Å². The Bertz CT molecular complexity index is 1270. The molecule has 2 amide bonds. The average molecular weight is 393 g/mol. The van der Waals surface area contributed by atoms with E-state index < -0.39 is 17.3 Å². The van der Waals surface area contributed by atoms with Gasteiger partial charge in [-0.3, -0.25) is 15.1 Å². The molecule has 0 saturated heterocycles. The van der Waals surface area contributed by atoms with Crippen molar-refractivity contribution in [3.8, 4) is 5.69 Å². The summed E-state index contributed by atoms with van der Waals surface area (Å²) in [6, 6.07) is 15.7. The van der Waals surface area contributed by atoms with Crippen molar-refractivity contribution < 1.29 is 4.79 Å². The van der Waals surface area contributed by atoms with Gasteiger partial charge in [0.15, 0.2) is 10.8 Å². The van der Waals surface area contributed by atoms with Gasteiger partial charge in [-0.05, 0) is 31.2 Å². The third kappa shape index (κ3) is 3.42. The fraction of sp³-hybridized carbons (Fsp3) is 0.0526. The number of benzene rings is 2. The van der Waals surface area contributed by atoms with Gasteiger partial charge in [-0.1, -0.05) is 47.2 Å². The third-order valence-corrected chi connectivity index (χ3v) is 4.95. The van der Waals surface area contributed by atoms with E-state index in [1.54, 1.807) is 36.4 Å². The Hall–Kier alpha value is -3.72. The molecule has 2 aromatic heterocycles. The number of fused-ring (bicyclic) bond motifs is 1. The van der Waals surface area contributed by atoms with E-state index in [2.05, 4.69) is 20.6 Å². The van der Waals surface area contributed by atoms with Gasteiger partial charge in [0.2, 0.25) is 0 Å². The number of para-hydroxylation sites is 1. The summed E-state index contributed by atoms with van der Waals surface area (Å²) in [6.07, 6.45) is 0. The number of anilines is 2. The van der Waals surface area contributed by atoms with Crippen molar-refractivity contribution in [1.82, 2.24) is 14.5 Å². The van der Waals surface area contributed by atoms with Crippen LogP contribution in [0.2, 0.25) is 0 Å². The minimum atomic E-state index is -0.591. The number of aromatic amines is 1. The molecule has 8 nitrogen and oxygen atoms in total. The highest BCUT2D eigenvalue weighted by Crippen LogP contribution is 2.24. The van der Waals surface area contributed by atoms with E-state index in [-0.39, 0.29) is 15.5 Å². The van der Waals surface area contributed by atoms with Gasteiger partial charge in [0.05, 0.1) is 5.69 Å². The first-order chi connectivity index (χ1) is 13.5. The molecule has 0 atom stereocenters. The molecule has 0 aliphatic heterocycles. The molecule has 0 spiro atoms. The van der Waals surface area contributed by atoms with Gasteiger partial charge < -0.3 is 5.32 Å². The number of amides is 2. The van der Waals surface area contributed by atoms with E-state index in [1.807, 2.05) is 25.1 Å². The molecule has 2 heterocycles. The van der Waals surface area contributed by atoms with Crippen LogP contribution in [-0.2, 0) is 0 Å². The minimum absolute atomic E-state index is 0.192. The van der Waals surface area contributed by atoms with Gasteiger partial charge in [0, 0.05) is 5.69 Å². The lowest BCUT2D eigenvalue weighted by molar-refractivity contribution is 0.262. The van der Waals surface area contributed by atoms with Gasteiger partial charge in [0.1, 0.15) is 4.70 Å². The van der Waals surface area contributed by atoms with Crippen molar-refractivity contribution in [2.75, 3.05) is 10.6 Å². The molecule has 0 aliphatic carbocycles. The van der Waals surface area contributed by atoms with Gasteiger partial charge in [0.25, 0.3) is 5.56 Å². The first-order valence-corrected chi connectivity index (χ1v) is 9.19. The number of thiazole rings is 1. The Morgan fingerprint density at radius 1 is 1.04 bits per heavy atom. The van der Waals surface area contributed by atoms with Crippen LogP contribution in [0.5, 0.6) is 0 Å². The highest BCUT2D eigenvalue weighted by Gasteiger charge is 2.16. The molecule has 3 N–H and O–H groups in total. The molecule has 0 radical (unpaired) electrons. The SMILES string of the molecule is Cc1ccc(-n2c(=O)[nH]c(=O)c3sc(NC(=O)Nc4ccccc4)nc32)cc1. The van der Waals surface area contributed by atoms with Crippen LogP contribution in [0.1, 0.15) is 5.56 Å². The van der Waals surface area contributed by atoms with E-state index in [0.717, 1.165) is 16.9 Å². The normalized spacial score (nSPS) is 10.8. The zero-order valence-electron chi connectivity index (χ0n) is 14.7. The number of nitrogens with zero attached hydrogens (tertiary/aromatic N) is 2. The summed E-state index contributed by atoms with van der Waals surface area (Å²) in [6.45, 7) is 1.94. The highest BCUT2D eigenvalue weighted by atomic mass is 32.1. The maximum atomic E-state index is 12.4. The van der Waals surface area contributed by atoms with E-state index in [4.69, 9.17) is 0 Å². The Morgan fingerprint density at radius 3 is 2.46 bits per heavy atom. The predicted molar refractivity (Wildman–Crippen MR) is 110 cm³/mol. The predicted octanol–water partition coefficient (Wildman–Crippen LogP) is 3.09. The quantitative estimate of drug-likeness (QED) is 0.497. The smallest absolute Gasteiger partial charge is 0.308 e. The number of carbonyl (C=O) groups excluding carboxylic acids is 1. The first kappa shape index (κ1) is 17.7. The second-order valence-electron chi connectivity index (χ2n) is 6.05. The topological polar surface area (TPSA) is 109 Å². The van der Waals surface area contributed by atoms with Gasteiger partial charge >= 0.3 is 11.7 Å². The molecule has 0 fully saturated rings. The minimum Gasteiger partial charge on any atom is -0.308 e. The molecule has 0 saturated carbocycles. The number of aryl methyl sites for hydroxylation is 1. The van der Waals surface area contributed by atoms with Crippen LogP contribution in [-0.4, -0.2) is 20.6 Å². The monoisotopic (exact) mass is 393 g/mol. The summed E-state index contributed by atoms with van der Waals surface area (Å²) >= 11 is 0.997. The lowest BCUT2D eigenvalue weighted by Gasteiger charge is -2.06. The number of rotatable bonds is 3. The largest absolute Gasteiger partial charge is 0.334 e. The van der Waals surface area contributed by atoms with Crippen LogP contribution >= 0.6 is 11.3 Å². The summed E-state index contributed by atoms with van der Waals surface area (Å²) in [5.74, 6) is 0. The Morgan fingerprint density at radius 2 is 1.75 bits per heavy atom. The summed E-state index contributed by atoms with van der Waals surface area (Å²) < 4.78 is 1.56. The maximum Gasteiger partial charge on any atom is 0.334 e. The molecule has 2 aromatic carbocycles. The fourth-order valence-electron chi connectivity index (χ4n) is 2.69. The molecule has 9 heteroatoms. The van der Waals surface area contributed by atoms with Crippen LogP contribution in [0.25, 0.3) is 16.0 Å². The molecule has 0 bridgehead atoms. The van der Waals surface area contributed by atoms with Crippen LogP contribution in [0.15, 0.2) is 64.2 Å². The van der Waals surface area contributed by atoms with Crippen molar-refractivity contribution in [2.24, 2.45) is 0 Å². The molecule has 140 valence electrons. The average Bonchev–Trinajstić information content (AvgIpc) is 3.07. The number of carbonyl (C=O) groups is 1. The zero-order chi connectivity index (χ0) is 19.7. The molecular weight excluding hydrogens is 378 g/mol. The third-order valence-electron chi connectivity index (χ3n) is 4.00. The standard InChI is InChI=1S/C19H15N5O3S/c1-11-7-9-13(10-8-11)24-15-14(16(25)22-19(24)27)28-18(21-15)23-17(26)20-12-5-3-2-4-6-12/h2-10H,1H3,(H,22,25,27)(H2,20,21,23,26). The zero-order valence-corrected chi connectivity index (χ0v) is 15.5. The summed E-state index contributed by atoms with van der Waals surface area (Å²) in [7, 11) is 0. The summed E-state index contributed by atoms with van der Waals surface area (Å²) in [4.78, 5) is 43.4. The molecular formula is C19H15N5O3S. The van der Waals surface area contributed by atoms with E-state index in [9.17, 15) is 14.4 Å². The Kier molecular flexibility index (Phi) is 4.50. The molecule has 28 heavy (non-hydrogen) atoms. The number of hydrogen-bond acceptors (Lipinski definition) is 5. The van der Waals surface area contributed by atoms with Crippen LogP contribution < -0.4 is 21.9 Å². The summed E-state index contributed by atoms with van der Waals surface area (Å²) in [5, 5.41) is 5.49. The lowest BCUT2D eigenvalue weighted by Crippen LogP contribution is -2.28. The van der Waals surface area contributed by atoms with Crippen molar-refractivity contribution >= 4 is 38.5 Å². The number of hydrogen-bond donors (Lipinski definition) is 3. The molecule has 4 rings (SSSR count). The molecule has 4 aromatic rings. The number of urea groups is 1. The fourth-order valence-corrected chi connectivity index (χ4v) is 3.53. The summed E-state index contributed by atoms with van der Waals surface area (Å²) in [5.41, 5.74) is 1.29. The first-order valence-electron chi connectivity index (χ1n) is 8.37. The van der Waals surface area contributed by atoms with E-state index in [1.165, 1.54) is 4.57 Å². The van der Waals surface area contributed by atoms with Crippen molar-refractivity contribution in [3.63, 3.8) is 0 Å². The van der Waals surface area contributed by atoms with E-state index in [0.29, 0.717) is 11.4 Å². The molecule has 0 aliphatic rings. The number of aromatic nitrogens is 3. The van der Waals surface area contributed by atoms with Gasteiger partial charge in [-0.25, -0.2) is 19.1 Å². The number of nitrogens with one attached hydrogen (secondary N) is 3. The maximum absolute atomic E-state index is 12.4. The molecule has 0 unspecified atom stereocenters. The number of H-pyrrole nitrogens is 1. The van der Waals surface area contributed by atoms with Crippen LogP contribution in [0.4, 0.5) is 15.6 Å².